The lowest BCUT2D eigenvalue weighted by Crippen LogP contribution is -2.35. The molecule has 0 aliphatic rings. The molecule has 0 fully saturated rings. The number of para-hydroxylation sites is 2. The summed E-state index contributed by atoms with van der Waals surface area (Å²) < 4.78 is 5.33. The summed E-state index contributed by atoms with van der Waals surface area (Å²) in [6.07, 6.45) is 2.94. The lowest BCUT2D eigenvalue weighted by Gasteiger charge is -1.97. The standard InChI is InChI=1S/C12H12N4O2/c1-2-5-10(17)15-11(13)16-12-14-8-6-3-4-7-9(8)18-12/h2-7H,1H3,(H3,13,14,15,16,17)/b5-2+. The second-order valence-electron chi connectivity index (χ2n) is 3.45. The van der Waals surface area contributed by atoms with E-state index in [4.69, 9.17) is 10.2 Å². The van der Waals surface area contributed by atoms with E-state index in [1.807, 2.05) is 12.1 Å². The largest absolute Gasteiger partial charge is 0.422 e. The first-order valence-electron chi connectivity index (χ1n) is 5.32. The third-order valence-corrected chi connectivity index (χ3v) is 2.07. The molecular weight excluding hydrogens is 232 g/mol. The second kappa shape index (κ2) is 5.13. The van der Waals surface area contributed by atoms with Gasteiger partial charge in [-0.1, -0.05) is 18.2 Å². The van der Waals surface area contributed by atoms with Crippen LogP contribution in [0.4, 0.5) is 6.01 Å². The quantitative estimate of drug-likeness (QED) is 0.475. The Labute approximate surface area is 103 Å². The minimum atomic E-state index is -0.352. The van der Waals surface area contributed by atoms with Crippen molar-refractivity contribution in [2.75, 3.05) is 0 Å². The number of nitrogens with two attached hydrogens (primary N) is 1. The zero-order valence-corrected chi connectivity index (χ0v) is 9.75. The van der Waals surface area contributed by atoms with E-state index in [2.05, 4.69) is 15.3 Å². The van der Waals surface area contributed by atoms with Gasteiger partial charge in [-0.3, -0.25) is 10.1 Å². The molecule has 1 aromatic heterocycles. The second-order valence-corrected chi connectivity index (χ2v) is 3.45. The van der Waals surface area contributed by atoms with E-state index in [1.54, 1.807) is 25.1 Å². The molecule has 2 aromatic rings. The van der Waals surface area contributed by atoms with Crippen LogP contribution >= 0.6 is 0 Å². The maximum atomic E-state index is 11.2. The van der Waals surface area contributed by atoms with Crippen molar-refractivity contribution in [3.8, 4) is 0 Å². The monoisotopic (exact) mass is 244 g/mol. The molecule has 2 rings (SSSR count). The van der Waals surface area contributed by atoms with Gasteiger partial charge in [0.25, 0.3) is 0 Å². The summed E-state index contributed by atoms with van der Waals surface area (Å²) in [7, 11) is 0. The molecule has 0 saturated heterocycles. The van der Waals surface area contributed by atoms with E-state index in [0.717, 1.165) is 0 Å². The molecule has 1 amide bonds. The fourth-order valence-corrected chi connectivity index (χ4v) is 1.36. The Morgan fingerprint density at radius 1 is 1.50 bits per heavy atom. The molecule has 3 N–H and O–H groups in total. The number of carbonyl (C=O) groups excluding carboxylic acids is 1. The van der Waals surface area contributed by atoms with Gasteiger partial charge in [0.15, 0.2) is 5.58 Å². The van der Waals surface area contributed by atoms with Gasteiger partial charge in [0.05, 0.1) is 0 Å². The van der Waals surface area contributed by atoms with Gasteiger partial charge in [-0.15, -0.1) is 0 Å². The van der Waals surface area contributed by atoms with Gasteiger partial charge in [0.2, 0.25) is 11.9 Å². The van der Waals surface area contributed by atoms with E-state index < -0.39 is 0 Å². The third-order valence-electron chi connectivity index (χ3n) is 2.07. The van der Waals surface area contributed by atoms with Crippen molar-refractivity contribution in [1.29, 1.82) is 0 Å². The van der Waals surface area contributed by atoms with Gasteiger partial charge < -0.3 is 10.2 Å². The molecule has 18 heavy (non-hydrogen) atoms. The van der Waals surface area contributed by atoms with Crippen molar-refractivity contribution in [3.63, 3.8) is 0 Å². The van der Waals surface area contributed by atoms with E-state index >= 15 is 0 Å². The number of benzene rings is 1. The molecule has 0 aliphatic carbocycles. The van der Waals surface area contributed by atoms with Crippen LogP contribution in [0.1, 0.15) is 6.92 Å². The Morgan fingerprint density at radius 2 is 2.28 bits per heavy atom. The summed E-state index contributed by atoms with van der Waals surface area (Å²) >= 11 is 0. The first-order valence-corrected chi connectivity index (χ1v) is 5.32. The molecule has 6 heteroatoms. The van der Waals surface area contributed by atoms with Crippen molar-refractivity contribution in [1.82, 2.24) is 10.3 Å². The fourth-order valence-electron chi connectivity index (χ4n) is 1.36. The van der Waals surface area contributed by atoms with Crippen molar-refractivity contribution < 1.29 is 9.21 Å². The highest BCUT2D eigenvalue weighted by Crippen LogP contribution is 2.19. The van der Waals surface area contributed by atoms with Gasteiger partial charge in [-0.2, -0.15) is 9.98 Å². The lowest BCUT2D eigenvalue weighted by molar-refractivity contribution is -0.115. The number of aromatic nitrogens is 1. The van der Waals surface area contributed by atoms with Crippen LogP contribution in [0.15, 0.2) is 45.8 Å². The highest BCUT2D eigenvalue weighted by molar-refractivity contribution is 6.02. The number of rotatable bonds is 2. The van der Waals surface area contributed by atoms with Crippen LogP contribution in [0.3, 0.4) is 0 Å². The molecule has 6 nitrogen and oxygen atoms in total. The predicted octanol–water partition coefficient (Wildman–Crippen LogP) is 1.47. The number of carbonyl (C=O) groups is 1. The van der Waals surface area contributed by atoms with Gasteiger partial charge in [0.1, 0.15) is 5.52 Å². The van der Waals surface area contributed by atoms with Gasteiger partial charge in [-0.25, -0.2) is 0 Å². The Kier molecular flexibility index (Phi) is 3.38. The molecular formula is C12H12N4O2. The van der Waals surface area contributed by atoms with Crippen LogP contribution in [0.25, 0.3) is 11.1 Å². The lowest BCUT2D eigenvalue weighted by atomic mass is 10.3. The van der Waals surface area contributed by atoms with Crippen molar-refractivity contribution in [2.45, 2.75) is 6.92 Å². The predicted molar refractivity (Wildman–Crippen MR) is 68.2 cm³/mol. The normalized spacial score (nSPS) is 12.2. The smallest absolute Gasteiger partial charge is 0.325 e. The number of hydrogen-bond donors (Lipinski definition) is 2. The Morgan fingerprint density at radius 3 is 3.00 bits per heavy atom. The number of nitrogens with zero attached hydrogens (tertiary/aromatic N) is 2. The Bertz CT molecular complexity index is 595. The zero-order valence-electron chi connectivity index (χ0n) is 9.75. The summed E-state index contributed by atoms with van der Waals surface area (Å²) in [6.45, 7) is 1.73. The fraction of sp³-hybridized carbons (Fsp3) is 0.0833. The zero-order chi connectivity index (χ0) is 13.0. The average Bonchev–Trinajstić information content (AvgIpc) is 2.70. The number of hydrogen-bond acceptors (Lipinski definition) is 4. The minimum Gasteiger partial charge on any atom is -0.422 e. The maximum absolute atomic E-state index is 11.2. The van der Waals surface area contributed by atoms with Crippen molar-refractivity contribution >= 4 is 29.0 Å². The van der Waals surface area contributed by atoms with Crippen LogP contribution in [0.2, 0.25) is 0 Å². The van der Waals surface area contributed by atoms with Gasteiger partial charge in [-0.05, 0) is 25.1 Å². The van der Waals surface area contributed by atoms with Crippen LogP contribution in [0.5, 0.6) is 0 Å². The molecule has 0 radical (unpaired) electrons. The van der Waals surface area contributed by atoms with E-state index in [1.165, 1.54) is 6.08 Å². The number of fused-ring (bicyclic) bond motifs is 1. The minimum absolute atomic E-state index is 0.0651. The van der Waals surface area contributed by atoms with Crippen molar-refractivity contribution in [3.05, 3.63) is 36.4 Å². The number of oxazole rings is 1. The molecule has 0 saturated carbocycles. The molecule has 0 aliphatic heterocycles. The van der Waals surface area contributed by atoms with E-state index in [9.17, 15) is 4.79 Å². The summed E-state index contributed by atoms with van der Waals surface area (Å²) in [6, 6.07) is 7.35. The van der Waals surface area contributed by atoms with Crippen LogP contribution < -0.4 is 11.1 Å². The highest BCUT2D eigenvalue weighted by Gasteiger charge is 2.05. The number of nitrogens with one attached hydrogen (secondary N) is 1. The molecule has 1 aromatic carbocycles. The number of amides is 1. The summed E-state index contributed by atoms with van der Waals surface area (Å²) in [4.78, 5) is 19.2. The summed E-state index contributed by atoms with van der Waals surface area (Å²) in [5.41, 5.74) is 6.84. The highest BCUT2D eigenvalue weighted by atomic mass is 16.4. The van der Waals surface area contributed by atoms with E-state index in [0.29, 0.717) is 11.1 Å². The van der Waals surface area contributed by atoms with Crippen LogP contribution in [-0.2, 0) is 4.79 Å². The number of guanidine groups is 1. The summed E-state index contributed by atoms with van der Waals surface area (Å²) in [5, 5.41) is 2.38. The summed E-state index contributed by atoms with van der Waals surface area (Å²) in [5.74, 6) is -0.417. The Balaban J connectivity index is 2.18. The van der Waals surface area contributed by atoms with Gasteiger partial charge >= 0.3 is 6.01 Å². The van der Waals surface area contributed by atoms with Gasteiger partial charge in [0, 0.05) is 0 Å². The molecule has 0 unspecified atom stereocenters. The average molecular weight is 244 g/mol. The van der Waals surface area contributed by atoms with Crippen LogP contribution in [-0.4, -0.2) is 16.9 Å². The first kappa shape index (κ1) is 11.8. The maximum Gasteiger partial charge on any atom is 0.325 e. The number of allylic oxidation sites excluding steroid dienone is 1. The van der Waals surface area contributed by atoms with Crippen LogP contribution in [0, 0.1) is 0 Å². The molecule has 0 spiro atoms. The van der Waals surface area contributed by atoms with E-state index in [-0.39, 0.29) is 17.9 Å². The SMILES string of the molecule is C/C=C/C(=O)NC(N)=Nc1nc2ccccc2o1. The number of aliphatic imine (C=N–C) groups is 1. The Hall–Kier alpha value is -2.63. The topological polar surface area (TPSA) is 93.5 Å². The third kappa shape index (κ3) is 2.73. The molecule has 0 atom stereocenters. The molecule has 0 bridgehead atoms. The molecule has 1 heterocycles. The first-order chi connectivity index (χ1) is 8.69. The van der Waals surface area contributed by atoms with Crippen molar-refractivity contribution in [2.24, 2.45) is 10.7 Å². The molecule has 92 valence electrons.